The summed E-state index contributed by atoms with van der Waals surface area (Å²) in [6, 6.07) is 8.05. The van der Waals surface area contributed by atoms with Crippen molar-refractivity contribution in [2.75, 3.05) is 37.7 Å². The maximum absolute atomic E-state index is 13.9. The number of anilines is 1. The molecule has 0 radical (unpaired) electrons. The molecule has 1 aromatic rings. The molecule has 1 unspecified atom stereocenters. The summed E-state index contributed by atoms with van der Waals surface area (Å²) in [6.45, 7) is 2.51. The Morgan fingerprint density at radius 3 is 2.91 bits per heavy atom. The van der Waals surface area contributed by atoms with Crippen LogP contribution in [0.3, 0.4) is 0 Å². The number of fused-ring (bicyclic) bond motifs is 3. The molecule has 1 aliphatic carbocycles. The van der Waals surface area contributed by atoms with Crippen LogP contribution in [0.25, 0.3) is 0 Å². The monoisotopic (exact) mass is 452 g/mol. The van der Waals surface area contributed by atoms with E-state index in [2.05, 4.69) is 6.07 Å². The van der Waals surface area contributed by atoms with E-state index < -0.39 is 11.5 Å². The molecular formula is C25H28N2O6. The molecule has 1 aromatic carbocycles. The van der Waals surface area contributed by atoms with Crippen LogP contribution in [0, 0.1) is 0 Å². The number of nitrogens with zero attached hydrogens (tertiary/aromatic N) is 2. The zero-order chi connectivity index (χ0) is 22.6. The summed E-state index contributed by atoms with van der Waals surface area (Å²) in [5.74, 6) is 1.61. The van der Waals surface area contributed by atoms with Crippen LogP contribution in [0.4, 0.5) is 10.5 Å². The Bertz CT molecular complexity index is 1060. The summed E-state index contributed by atoms with van der Waals surface area (Å²) in [6.07, 6.45) is 5.01. The van der Waals surface area contributed by atoms with Crippen molar-refractivity contribution in [1.29, 1.82) is 0 Å². The third kappa shape index (κ3) is 3.22. The van der Waals surface area contributed by atoms with Gasteiger partial charge in [0, 0.05) is 37.8 Å². The molecule has 3 atom stereocenters. The second-order valence-corrected chi connectivity index (χ2v) is 9.47. The summed E-state index contributed by atoms with van der Waals surface area (Å²) in [5, 5.41) is 9.18. The molecule has 8 heteroatoms. The average molecular weight is 453 g/mol. The number of hydrogen-bond acceptors (Lipinski definition) is 5. The van der Waals surface area contributed by atoms with E-state index in [1.807, 2.05) is 29.2 Å². The summed E-state index contributed by atoms with van der Waals surface area (Å²) >= 11 is 0. The highest BCUT2D eigenvalue weighted by molar-refractivity contribution is 6.11. The fraction of sp³-hybridized carbons (Fsp3) is 0.520. The van der Waals surface area contributed by atoms with Crippen LogP contribution in [0.2, 0.25) is 0 Å². The Hall–Kier alpha value is -3.00. The third-order valence-electron chi connectivity index (χ3n) is 7.58. The molecule has 0 aromatic heterocycles. The van der Waals surface area contributed by atoms with Gasteiger partial charge in [0.05, 0.1) is 19.2 Å². The van der Waals surface area contributed by atoms with E-state index in [0.717, 1.165) is 47.8 Å². The largest absolute Gasteiger partial charge is 0.493 e. The third-order valence-corrected chi connectivity index (χ3v) is 7.58. The molecule has 0 saturated carbocycles. The van der Waals surface area contributed by atoms with Crippen LogP contribution >= 0.6 is 0 Å². The van der Waals surface area contributed by atoms with Gasteiger partial charge in [-0.05, 0) is 36.5 Å². The molecule has 2 saturated heterocycles. The first kappa shape index (κ1) is 20.6. The van der Waals surface area contributed by atoms with E-state index in [0.29, 0.717) is 45.5 Å². The molecule has 1 N–H and O–H groups in total. The predicted octanol–water partition coefficient (Wildman–Crippen LogP) is 3.18. The number of carbonyl (C=O) groups is 2. The number of likely N-dealkylation sites (tertiary alicyclic amines) is 1. The SMILES string of the molecule is O=C(O)N1CC[C@@H](OC2=CC3=C(CC2)C2(CO3)C(=O)N(C[C@H]3CCCO3)c3ccccc32)C1. The molecule has 4 heterocycles. The first-order chi connectivity index (χ1) is 16.1. The highest BCUT2D eigenvalue weighted by Crippen LogP contribution is 2.53. The van der Waals surface area contributed by atoms with Crippen molar-refractivity contribution in [3.05, 3.63) is 53.0 Å². The van der Waals surface area contributed by atoms with E-state index in [1.165, 1.54) is 4.90 Å². The van der Waals surface area contributed by atoms with Crippen LogP contribution in [-0.4, -0.2) is 67.1 Å². The maximum atomic E-state index is 13.9. The lowest BCUT2D eigenvalue weighted by Gasteiger charge is -2.28. The minimum Gasteiger partial charge on any atom is -0.493 e. The number of hydrogen-bond donors (Lipinski definition) is 1. The number of allylic oxidation sites excluding steroid dienone is 2. The van der Waals surface area contributed by atoms with E-state index >= 15 is 0 Å². The molecule has 2 fully saturated rings. The minimum absolute atomic E-state index is 0.0786. The Balaban J connectivity index is 1.28. The summed E-state index contributed by atoms with van der Waals surface area (Å²) < 4.78 is 18.1. The Kier molecular flexibility index (Phi) is 4.87. The molecule has 6 rings (SSSR count). The topological polar surface area (TPSA) is 88.5 Å². The van der Waals surface area contributed by atoms with Crippen LogP contribution in [-0.2, 0) is 24.4 Å². The summed E-state index contributed by atoms with van der Waals surface area (Å²) in [5.41, 5.74) is 2.23. The zero-order valence-corrected chi connectivity index (χ0v) is 18.5. The first-order valence-corrected chi connectivity index (χ1v) is 11.8. The van der Waals surface area contributed by atoms with Gasteiger partial charge >= 0.3 is 6.09 Å². The zero-order valence-electron chi connectivity index (χ0n) is 18.5. The van der Waals surface area contributed by atoms with Crippen molar-refractivity contribution in [2.45, 2.75) is 49.7 Å². The van der Waals surface area contributed by atoms with Gasteiger partial charge in [-0.15, -0.1) is 0 Å². The van der Waals surface area contributed by atoms with Gasteiger partial charge in [0.2, 0.25) is 5.91 Å². The number of amides is 2. The smallest absolute Gasteiger partial charge is 0.407 e. The van der Waals surface area contributed by atoms with Crippen molar-refractivity contribution in [1.82, 2.24) is 4.90 Å². The van der Waals surface area contributed by atoms with Gasteiger partial charge in [-0.2, -0.15) is 0 Å². The molecule has 174 valence electrons. The van der Waals surface area contributed by atoms with Crippen molar-refractivity contribution < 1.29 is 28.9 Å². The van der Waals surface area contributed by atoms with Gasteiger partial charge in [0.15, 0.2) is 0 Å². The Morgan fingerprint density at radius 2 is 2.12 bits per heavy atom. The van der Waals surface area contributed by atoms with Crippen molar-refractivity contribution in [3.8, 4) is 0 Å². The minimum atomic E-state index is -0.907. The van der Waals surface area contributed by atoms with Crippen LogP contribution in [0.5, 0.6) is 0 Å². The molecule has 5 aliphatic rings. The fourth-order valence-corrected chi connectivity index (χ4v) is 5.94. The van der Waals surface area contributed by atoms with Crippen molar-refractivity contribution >= 4 is 17.7 Å². The second kappa shape index (κ2) is 7.80. The van der Waals surface area contributed by atoms with E-state index in [9.17, 15) is 14.7 Å². The van der Waals surface area contributed by atoms with Gasteiger partial charge in [-0.25, -0.2) is 4.79 Å². The van der Waals surface area contributed by atoms with Gasteiger partial charge < -0.3 is 29.1 Å². The second-order valence-electron chi connectivity index (χ2n) is 9.47. The highest BCUT2D eigenvalue weighted by Gasteiger charge is 2.58. The van der Waals surface area contributed by atoms with Crippen LogP contribution < -0.4 is 4.90 Å². The van der Waals surface area contributed by atoms with Crippen LogP contribution in [0.1, 0.15) is 37.7 Å². The summed E-state index contributed by atoms with van der Waals surface area (Å²) in [7, 11) is 0. The standard InChI is InChI=1S/C25H28N2O6/c28-23-25(19-5-1-2-6-21(19)27(23)14-17-4-3-11-31-17)15-32-22-12-16(7-8-20(22)25)33-18-9-10-26(13-18)24(29)30/h1-2,5-6,12,17-18H,3-4,7-11,13-15H2,(H,29,30)/t17-,18-,25?/m1/s1. The molecule has 33 heavy (non-hydrogen) atoms. The predicted molar refractivity (Wildman–Crippen MR) is 119 cm³/mol. The Morgan fingerprint density at radius 1 is 1.24 bits per heavy atom. The molecular weight excluding hydrogens is 424 g/mol. The first-order valence-electron chi connectivity index (χ1n) is 11.8. The Labute approximate surface area is 192 Å². The van der Waals surface area contributed by atoms with Crippen LogP contribution in [0.15, 0.2) is 47.4 Å². The normalized spacial score (nSPS) is 30.5. The molecule has 2 amide bonds. The number of carboxylic acid groups (broad SMARTS) is 1. The van der Waals surface area contributed by atoms with Crippen molar-refractivity contribution in [3.63, 3.8) is 0 Å². The average Bonchev–Trinajstić information content (AvgIpc) is 3.60. The summed E-state index contributed by atoms with van der Waals surface area (Å²) in [4.78, 5) is 28.4. The quantitative estimate of drug-likeness (QED) is 0.755. The molecule has 0 bridgehead atoms. The number of ether oxygens (including phenoxy) is 3. The van der Waals surface area contributed by atoms with E-state index in [1.54, 1.807) is 0 Å². The number of benzene rings is 1. The lowest BCUT2D eigenvalue weighted by atomic mass is 9.73. The van der Waals surface area contributed by atoms with Gasteiger partial charge in [-0.3, -0.25) is 4.79 Å². The van der Waals surface area contributed by atoms with Gasteiger partial charge in [0.1, 0.15) is 29.6 Å². The highest BCUT2D eigenvalue weighted by atomic mass is 16.5. The van der Waals surface area contributed by atoms with Crippen molar-refractivity contribution in [2.24, 2.45) is 0 Å². The lowest BCUT2D eigenvalue weighted by molar-refractivity contribution is -0.122. The lowest BCUT2D eigenvalue weighted by Crippen LogP contribution is -2.45. The molecule has 1 spiro atoms. The fourth-order valence-electron chi connectivity index (χ4n) is 5.94. The number of carbonyl (C=O) groups excluding carboxylic acids is 1. The number of para-hydroxylation sites is 1. The molecule has 8 nitrogen and oxygen atoms in total. The number of rotatable bonds is 4. The van der Waals surface area contributed by atoms with E-state index in [4.69, 9.17) is 14.2 Å². The molecule has 4 aliphatic heterocycles. The van der Waals surface area contributed by atoms with E-state index in [-0.39, 0.29) is 18.1 Å². The van der Waals surface area contributed by atoms with Gasteiger partial charge in [-0.1, -0.05) is 18.2 Å². The van der Waals surface area contributed by atoms with Gasteiger partial charge in [0.25, 0.3) is 0 Å². The maximum Gasteiger partial charge on any atom is 0.407 e.